The Morgan fingerprint density at radius 1 is 0.282 bits per heavy atom. The van der Waals surface area contributed by atoms with E-state index in [1.807, 2.05) is 78.8 Å². The molecule has 0 unspecified atom stereocenters. The maximum Gasteiger partial charge on any atom is 3.00 e. The number of hydrogen-bond acceptors (Lipinski definition) is 41. The number of imidazole rings is 6. The summed E-state index contributed by atoms with van der Waals surface area (Å²) in [6.45, 7) is 26.8. The van der Waals surface area contributed by atoms with E-state index in [9.17, 15) is 0 Å². The van der Waals surface area contributed by atoms with Crippen LogP contribution in [0.3, 0.4) is 0 Å². The fraction of sp³-hybridized carbons (Fsp3) is 0.500. The van der Waals surface area contributed by atoms with Crippen LogP contribution in [0.5, 0.6) is 0 Å². The molecule has 6 rings (SSSR count). The number of nitrogens with one attached hydrogen (secondary N) is 6. The van der Waals surface area contributed by atoms with Crippen molar-refractivity contribution in [1.29, 1.82) is 0 Å². The molecule has 0 atom stereocenters. The summed E-state index contributed by atoms with van der Waals surface area (Å²) >= 11 is 0. The van der Waals surface area contributed by atoms with Crippen molar-refractivity contribution >= 4 is 37.3 Å². The first-order valence-electron chi connectivity index (χ1n) is 27.5. The standard InChI is InChI=1S/2C21H30N10.3C2H6O.6ClHO4.2Fe/c2*1-16-19(28-13-25-16)10-22-4-7-31(8-5-23-11-20-17(2)26-14-29-20)9-6-24-12-21-18(3)27-15-30-21;3*1-2-3;6*2-1(3,4)5;;/h2*10-15H,4-9H2,1-3H3,(H,25,28)(H,26,29)(H,27,30);3*3H,2H2,1H3;6*(H,2,3,4,5);;/q;;;;;;;;;;;2*+3/p-6. The summed E-state index contributed by atoms with van der Waals surface area (Å²) < 4.78 is 204. The fourth-order valence-corrected chi connectivity index (χ4v) is 5.77. The molecule has 55 heteroatoms. The van der Waals surface area contributed by atoms with Gasteiger partial charge in [-0.1, -0.05) is 0 Å². The van der Waals surface area contributed by atoms with Crippen LogP contribution >= 0.6 is 0 Å². The minimum Gasteiger partial charge on any atom is -0.397 e. The summed E-state index contributed by atoms with van der Waals surface area (Å²) in [4.78, 5) is 75.6. The average molecular weight is 1690 g/mol. The topological polar surface area (TPSA) is 867 Å². The molecule has 6 heterocycles. The molecule has 0 bridgehead atoms. The number of aromatic amines is 6. The number of H-pyrrole nitrogens is 6. The number of aromatic nitrogens is 12. The Bertz CT molecular complexity index is 2560. The molecule has 0 aromatic carbocycles. The third kappa shape index (κ3) is 92.9. The van der Waals surface area contributed by atoms with Crippen LogP contribution in [-0.2, 0) is 34.1 Å². The van der Waals surface area contributed by atoms with E-state index in [0.717, 1.165) is 108 Å². The molecule has 0 fully saturated rings. The van der Waals surface area contributed by atoms with Crippen molar-refractivity contribution in [2.45, 2.75) is 62.3 Å². The number of halogens is 6. The smallest absolute Gasteiger partial charge is 0.397 e. The Hall–Kier alpha value is -5.10. The van der Waals surface area contributed by atoms with E-state index in [1.165, 1.54) is 0 Å². The summed E-state index contributed by atoms with van der Waals surface area (Å²) in [5.74, 6) is 0. The second-order valence-electron chi connectivity index (χ2n) is 17.6. The third-order valence-corrected chi connectivity index (χ3v) is 9.77. The zero-order valence-electron chi connectivity index (χ0n) is 55.9. The molecule has 6 aromatic rings. The molecule has 0 saturated carbocycles. The van der Waals surface area contributed by atoms with Crippen molar-refractivity contribution in [2.24, 2.45) is 30.0 Å². The van der Waals surface area contributed by atoms with Crippen LogP contribution in [0.4, 0.5) is 0 Å². The van der Waals surface area contributed by atoms with Crippen molar-refractivity contribution in [2.75, 3.05) is 98.4 Å². The van der Waals surface area contributed by atoms with Crippen LogP contribution < -0.4 is 112 Å². The number of aliphatic hydroxyl groups is 3. The summed E-state index contributed by atoms with van der Waals surface area (Å²) in [7, 11) is -29.7. The Morgan fingerprint density at radius 3 is 0.456 bits per heavy atom. The maximum absolute atomic E-state index is 8.49. The first-order chi connectivity index (χ1) is 46.5. The molecule has 103 heavy (non-hydrogen) atoms. The van der Waals surface area contributed by atoms with Gasteiger partial charge in [-0.05, 0) is 62.3 Å². The first-order valence-corrected chi connectivity index (χ1v) is 34.9. The molecule has 0 aliphatic rings. The quantitative estimate of drug-likeness (QED) is 0.0201. The van der Waals surface area contributed by atoms with Crippen LogP contribution in [-0.4, -0.2) is 221 Å². The first kappa shape index (κ1) is 111. The molecule has 0 amide bonds. The van der Waals surface area contributed by atoms with Gasteiger partial charge in [0.05, 0.1) is 77.2 Å². The molecule has 0 aliphatic carbocycles. The second kappa shape index (κ2) is 64.1. The molecule has 0 spiro atoms. The molecule has 0 saturated heterocycles. The van der Waals surface area contributed by atoms with Crippen LogP contribution in [0, 0.1) is 103 Å². The van der Waals surface area contributed by atoms with Crippen molar-refractivity contribution in [3.05, 3.63) is 106 Å². The molecule has 47 nitrogen and oxygen atoms in total. The van der Waals surface area contributed by atoms with E-state index in [4.69, 9.17) is 127 Å². The van der Waals surface area contributed by atoms with E-state index in [1.54, 1.807) is 58.7 Å². The van der Waals surface area contributed by atoms with E-state index >= 15 is 0 Å². The zero-order valence-corrected chi connectivity index (χ0v) is 62.7. The van der Waals surface area contributed by atoms with E-state index in [-0.39, 0.29) is 54.0 Å². The molecule has 6 aromatic heterocycles. The number of rotatable bonds is 24. The van der Waals surface area contributed by atoms with Crippen molar-refractivity contribution < 1.29 is 223 Å². The van der Waals surface area contributed by atoms with Crippen LogP contribution in [0.15, 0.2) is 67.9 Å². The molecule has 9 N–H and O–H groups in total. The summed E-state index contributed by atoms with van der Waals surface area (Å²) in [5, 5.41) is 22.7. The number of nitrogens with zero attached hydrogens (tertiary/aromatic N) is 14. The predicted octanol–water partition coefficient (Wildman–Crippen LogP) is -25.1. The Kier molecular flexibility index (Phi) is 69.2. The normalized spacial score (nSPS) is 11.5. The summed E-state index contributed by atoms with van der Waals surface area (Å²) in [5.41, 5.74) is 11.4. The van der Waals surface area contributed by atoms with Crippen LogP contribution in [0.1, 0.15) is 89.1 Å². The number of aryl methyl sites for hydroxylation is 6. The van der Waals surface area contributed by atoms with Gasteiger partial charge in [-0.2, -0.15) is 0 Å². The minimum atomic E-state index is -4.94. The molecule has 0 aliphatic heterocycles. The Balaban J connectivity index is -0.000000235. The number of aliphatic imine (C=N–C) groups is 6. The van der Waals surface area contributed by atoms with Crippen molar-refractivity contribution in [3.63, 3.8) is 0 Å². The number of aliphatic hydroxyl groups excluding tert-OH is 3. The van der Waals surface area contributed by atoms with Gasteiger partial charge in [0.15, 0.2) is 0 Å². The molecule has 590 valence electrons. The molecular weight excluding hydrogens is 1610 g/mol. The maximum atomic E-state index is 8.49. The SMILES string of the molecule is CCO.CCO.CCO.Cc1[nH]cnc1C=NCCN(CCN=Cc1nc[nH]c1C)CCN=Cc1nc[nH]c1C.Cc1[nH]cnc1C=NCCN(CCN=Cc1nc[nH]c1C)CCN=Cc1nc[nH]c1C.[Fe+3].[Fe+3].[O-][Cl+3]([O-])([O-])[O-].[O-][Cl+3]([O-])([O-])[O-].[O-][Cl+3]([O-])([O-])[O-].[O-][Cl+3]([O-])([O-])[O-].[O-][Cl+3]([O-])([O-])[O-].[O-][Cl+3]([O-])([O-])[O-]. The largest absolute Gasteiger partial charge is 3.00 e. The second-order valence-corrected chi connectivity index (χ2v) is 22.1. The van der Waals surface area contributed by atoms with Gasteiger partial charge in [0.2, 0.25) is 0 Å². The van der Waals surface area contributed by atoms with Gasteiger partial charge in [0, 0.05) is 131 Å². The summed E-state index contributed by atoms with van der Waals surface area (Å²) in [6.07, 6.45) is 21.0. The van der Waals surface area contributed by atoms with Crippen molar-refractivity contribution in [3.8, 4) is 0 Å². The number of hydrogen-bond donors (Lipinski definition) is 9. The Labute approximate surface area is 623 Å². The van der Waals surface area contributed by atoms with Gasteiger partial charge in [-0.15, -0.1) is 61.5 Å². The van der Waals surface area contributed by atoms with E-state index < -0.39 is 61.5 Å². The Morgan fingerprint density at radius 2 is 0.379 bits per heavy atom. The zero-order chi connectivity index (χ0) is 78.9. The van der Waals surface area contributed by atoms with E-state index in [2.05, 4.69) is 99.6 Å². The van der Waals surface area contributed by atoms with Crippen LogP contribution in [0.25, 0.3) is 0 Å². The van der Waals surface area contributed by atoms with Gasteiger partial charge in [0.25, 0.3) is 0 Å². The van der Waals surface area contributed by atoms with Gasteiger partial charge < -0.3 is 45.2 Å². The summed E-state index contributed by atoms with van der Waals surface area (Å²) in [6, 6.07) is 0. The van der Waals surface area contributed by atoms with Gasteiger partial charge in [-0.25, -0.2) is 142 Å². The minimum absolute atomic E-state index is 0. The molecule has 2 radical (unpaired) electrons. The van der Waals surface area contributed by atoms with Gasteiger partial charge in [0.1, 0.15) is 34.2 Å². The van der Waals surface area contributed by atoms with Crippen LogP contribution in [0.2, 0.25) is 0 Å². The fourth-order valence-electron chi connectivity index (χ4n) is 5.77. The van der Waals surface area contributed by atoms with Gasteiger partial charge >= 0.3 is 34.1 Å². The monoisotopic (exact) mass is 1690 g/mol. The van der Waals surface area contributed by atoms with E-state index in [0.29, 0.717) is 39.3 Å². The predicted molar refractivity (Wildman–Crippen MR) is 286 cm³/mol. The van der Waals surface area contributed by atoms with Crippen molar-refractivity contribution in [1.82, 2.24) is 69.6 Å². The van der Waals surface area contributed by atoms with Gasteiger partial charge in [-0.3, -0.25) is 39.8 Å². The molecular formula is C48H78Cl6Fe2N20O27. The average Bonchev–Trinajstić information content (AvgIpc) is 1.84. The third-order valence-electron chi connectivity index (χ3n) is 9.77.